The summed E-state index contributed by atoms with van der Waals surface area (Å²) in [6, 6.07) is 10.1. The van der Waals surface area contributed by atoms with Crippen molar-refractivity contribution in [3.05, 3.63) is 24.3 Å². The number of anilines is 1. The van der Waals surface area contributed by atoms with E-state index in [0.717, 1.165) is 24.4 Å². The molecule has 3 nitrogen and oxygen atoms in total. The molecule has 0 aromatic heterocycles. The van der Waals surface area contributed by atoms with Crippen LogP contribution in [0.1, 0.15) is 33.6 Å². The summed E-state index contributed by atoms with van der Waals surface area (Å²) in [4.78, 5) is 0. The summed E-state index contributed by atoms with van der Waals surface area (Å²) in [5.41, 5.74) is 1.33. The van der Waals surface area contributed by atoms with Gasteiger partial charge in [0, 0.05) is 24.7 Å². The summed E-state index contributed by atoms with van der Waals surface area (Å²) >= 11 is 0. The number of rotatable bonds is 6. The number of hydrogen-bond acceptors (Lipinski definition) is 3. The monoisotopic (exact) mass is 246 g/mol. The number of nitriles is 1. The second-order valence-corrected chi connectivity index (χ2v) is 5.55. The summed E-state index contributed by atoms with van der Waals surface area (Å²) in [6.07, 6.45) is 1.32. The van der Waals surface area contributed by atoms with Crippen molar-refractivity contribution in [2.45, 2.75) is 33.6 Å². The van der Waals surface area contributed by atoms with E-state index in [1.165, 1.54) is 0 Å². The first-order valence-corrected chi connectivity index (χ1v) is 6.35. The van der Waals surface area contributed by atoms with Gasteiger partial charge < -0.3 is 10.1 Å². The maximum absolute atomic E-state index is 8.44. The Morgan fingerprint density at radius 2 is 2.11 bits per heavy atom. The fourth-order valence-corrected chi connectivity index (χ4v) is 1.40. The molecule has 98 valence electrons. The number of nitrogens with zero attached hydrogens (tertiary/aromatic N) is 1. The lowest BCUT2D eigenvalue weighted by Crippen LogP contribution is -2.18. The second-order valence-electron chi connectivity index (χ2n) is 5.55. The largest absolute Gasteiger partial charge is 0.493 e. The fourth-order valence-electron chi connectivity index (χ4n) is 1.40. The van der Waals surface area contributed by atoms with Gasteiger partial charge in [-0.25, -0.2) is 0 Å². The minimum atomic E-state index is 0.254. The molecular formula is C15H22N2O. The Morgan fingerprint density at radius 3 is 2.78 bits per heavy atom. The van der Waals surface area contributed by atoms with E-state index in [1.54, 1.807) is 0 Å². The van der Waals surface area contributed by atoms with E-state index in [-0.39, 0.29) is 5.41 Å². The van der Waals surface area contributed by atoms with Crippen molar-refractivity contribution in [2.75, 3.05) is 18.5 Å². The van der Waals surface area contributed by atoms with E-state index in [0.29, 0.717) is 13.0 Å². The van der Waals surface area contributed by atoms with Gasteiger partial charge in [-0.05, 0) is 24.0 Å². The highest BCUT2D eigenvalue weighted by molar-refractivity contribution is 5.48. The number of unbranched alkanes of at least 4 members (excludes halogenated alkanes) is 1. The molecule has 0 atom stereocenters. The summed E-state index contributed by atoms with van der Waals surface area (Å²) in [5, 5.41) is 11.8. The smallest absolute Gasteiger partial charge is 0.121 e. The molecule has 0 aliphatic carbocycles. The van der Waals surface area contributed by atoms with Crippen molar-refractivity contribution in [3.63, 3.8) is 0 Å². The van der Waals surface area contributed by atoms with E-state index in [1.807, 2.05) is 24.3 Å². The standard InChI is InChI=1S/C15H22N2O/c1-15(2,3)12-17-13-7-6-8-14(11-13)18-10-5-4-9-16/h6-8,11,17H,4-5,10,12H2,1-3H3. The topological polar surface area (TPSA) is 45.0 Å². The summed E-state index contributed by atoms with van der Waals surface area (Å²) in [5.74, 6) is 0.854. The van der Waals surface area contributed by atoms with Crippen LogP contribution in [0.15, 0.2) is 24.3 Å². The molecule has 1 aromatic carbocycles. The Balaban J connectivity index is 2.44. The molecule has 0 radical (unpaired) electrons. The molecule has 1 aromatic rings. The Morgan fingerprint density at radius 1 is 1.33 bits per heavy atom. The molecule has 0 amide bonds. The fraction of sp³-hybridized carbons (Fsp3) is 0.533. The highest BCUT2D eigenvalue weighted by Gasteiger charge is 2.09. The van der Waals surface area contributed by atoms with Gasteiger partial charge in [-0.15, -0.1) is 0 Å². The first kappa shape index (κ1) is 14.4. The van der Waals surface area contributed by atoms with Crippen LogP contribution in [-0.4, -0.2) is 13.2 Å². The van der Waals surface area contributed by atoms with E-state index < -0.39 is 0 Å². The third-order valence-corrected chi connectivity index (χ3v) is 2.36. The van der Waals surface area contributed by atoms with Crippen molar-refractivity contribution in [3.8, 4) is 11.8 Å². The van der Waals surface area contributed by atoms with Crippen molar-refractivity contribution in [1.29, 1.82) is 5.26 Å². The zero-order valence-electron chi connectivity index (χ0n) is 11.5. The van der Waals surface area contributed by atoms with Crippen molar-refractivity contribution in [2.24, 2.45) is 5.41 Å². The average molecular weight is 246 g/mol. The molecule has 0 saturated carbocycles. The number of hydrogen-bond donors (Lipinski definition) is 1. The number of ether oxygens (including phenoxy) is 1. The van der Waals surface area contributed by atoms with Crippen molar-refractivity contribution >= 4 is 5.69 Å². The zero-order chi connectivity index (χ0) is 13.4. The van der Waals surface area contributed by atoms with Crippen LogP contribution in [0.4, 0.5) is 5.69 Å². The molecule has 0 heterocycles. The van der Waals surface area contributed by atoms with Gasteiger partial charge in [0.2, 0.25) is 0 Å². The lowest BCUT2D eigenvalue weighted by atomic mass is 9.97. The van der Waals surface area contributed by atoms with Gasteiger partial charge in [0.1, 0.15) is 5.75 Å². The molecule has 0 bridgehead atoms. The SMILES string of the molecule is CC(C)(C)CNc1cccc(OCCCC#N)c1. The Bertz CT molecular complexity index is 402. The first-order valence-electron chi connectivity index (χ1n) is 6.35. The highest BCUT2D eigenvalue weighted by atomic mass is 16.5. The molecule has 1 N–H and O–H groups in total. The van der Waals surface area contributed by atoms with Crippen LogP contribution in [0.3, 0.4) is 0 Å². The zero-order valence-corrected chi connectivity index (χ0v) is 11.5. The third kappa shape index (κ3) is 6.15. The van der Waals surface area contributed by atoms with Crippen LogP contribution in [0.2, 0.25) is 0 Å². The lowest BCUT2D eigenvalue weighted by molar-refractivity contribution is 0.313. The van der Waals surface area contributed by atoms with E-state index >= 15 is 0 Å². The molecule has 0 spiro atoms. The maximum atomic E-state index is 8.44. The molecule has 3 heteroatoms. The van der Waals surface area contributed by atoms with E-state index in [2.05, 4.69) is 32.2 Å². The van der Waals surface area contributed by atoms with Crippen LogP contribution >= 0.6 is 0 Å². The molecule has 0 saturated heterocycles. The molecule has 18 heavy (non-hydrogen) atoms. The Hall–Kier alpha value is -1.69. The Labute approximate surface area is 110 Å². The van der Waals surface area contributed by atoms with Gasteiger partial charge >= 0.3 is 0 Å². The number of benzene rings is 1. The predicted molar refractivity (Wildman–Crippen MR) is 74.7 cm³/mol. The molecule has 0 aliphatic heterocycles. The normalized spacial score (nSPS) is 10.8. The van der Waals surface area contributed by atoms with Gasteiger partial charge in [0.25, 0.3) is 0 Å². The van der Waals surface area contributed by atoms with E-state index in [9.17, 15) is 0 Å². The van der Waals surface area contributed by atoms with Crippen molar-refractivity contribution < 1.29 is 4.74 Å². The molecular weight excluding hydrogens is 224 g/mol. The maximum Gasteiger partial charge on any atom is 0.121 e. The van der Waals surface area contributed by atoms with E-state index in [4.69, 9.17) is 10.00 Å². The Kier molecular flexibility index (Phi) is 5.51. The van der Waals surface area contributed by atoms with Gasteiger partial charge in [-0.2, -0.15) is 5.26 Å². The summed E-state index contributed by atoms with van der Waals surface area (Å²) in [7, 11) is 0. The predicted octanol–water partition coefficient (Wildman–Crippen LogP) is 3.83. The highest BCUT2D eigenvalue weighted by Crippen LogP contribution is 2.20. The average Bonchev–Trinajstić information content (AvgIpc) is 2.32. The molecule has 0 fully saturated rings. The van der Waals surface area contributed by atoms with Gasteiger partial charge in [-0.1, -0.05) is 26.8 Å². The second kappa shape index (κ2) is 6.90. The summed E-state index contributed by atoms with van der Waals surface area (Å²) in [6.45, 7) is 8.11. The van der Waals surface area contributed by atoms with Crippen LogP contribution in [0.5, 0.6) is 5.75 Å². The quantitative estimate of drug-likeness (QED) is 0.776. The van der Waals surface area contributed by atoms with Gasteiger partial charge in [0.15, 0.2) is 0 Å². The summed E-state index contributed by atoms with van der Waals surface area (Å²) < 4.78 is 5.59. The third-order valence-electron chi connectivity index (χ3n) is 2.36. The van der Waals surface area contributed by atoms with Crippen LogP contribution < -0.4 is 10.1 Å². The molecule has 1 rings (SSSR count). The van der Waals surface area contributed by atoms with Gasteiger partial charge in [-0.3, -0.25) is 0 Å². The van der Waals surface area contributed by atoms with Crippen LogP contribution in [0.25, 0.3) is 0 Å². The minimum Gasteiger partial charge on any atom is -0.493 e. The number of nitrogens with one attached hydrogen (secondary N) is 1. The van der Waals surface area contributed by atoms with Gasteiger partial charge in [0.05, 0.1) is 12.7 Å². The molecule has 0 unspecified atom stereocenters. The lowest BCUT2D eigenvalue weighted by Gasteiger charge is -2.19. The minimum absolute atomic E-state index is 0.254. The first-order chi connectivity index (χ1) is 8.51. The van der Waals surface area contributed by atoms with Crippen LogP contribution in [-0.2, 0) is 0 Å². The molecule has 0 aliphatic rings. The van der Waals surface area contributed by atoms with Crippen molar-refractivity contribution in [1.82, 2.24) is 0 Å². The van der Waals surface area contributed by atoms with Crippen LogP contribution in [0, 0.1) is 16.7 Å².